The molecule has 4 heterocycles. The number of ether oxygens (including phenoxy) is 3. The highest BCUT2D eigenvalue weighted by Gasteiger charge is 2.51. The lowest BCUT2D eigenvalue weighted by Crippen LogP contribution is -2.43. The number of alkyl halides is 3. The Labute approximate surface area is 301 Å². The van der Waals surface area contributed by atoms with Crippen LogP contribution < -0.4 is 15.4 Å². The van der Waals surface area contributed by atoms with Gasteiger partial charge in [-0.3, -0.25) is 4.90 Å². The number of nitrogens with zero attached hydrogens (tertiary/aromatic N) is 6. The molecule has 272 valence electrons. The number of nitrogen functional groups attached to an aromatic ring is 1. The Bertz CT molecular complexity index is 1810. The van der Waals surface area contributed by atoms with E-state index in [1.165, 1.54) is 21.7 Å². The van der Waals surface area contributed by atoms with Crippen LogP contribution in [0.2, 0.25) is 0 Å². The first-order valence-electron chi connectivity index (χ1n) is 16.7. The van der Waals surface area contributed by atoms with Gasteiger partial charge in [-0.25, -0.2) is 14.3 Å². The van der Waals surface area contributed by atoms with E-state index in [1.54, 1.807) is 26.1 Å². The zero-order valence-corrected chi connectivity index (χ0v) is 29.8. The number of amides is 1. The molecule has 1 amide bonds. The van der Waals surface area contributed by atoms with E-state index in [2.05, 4.69) is 31.0 Å². The van der Waals surface area contributed by atoms with E-state index in [9.17, 15) is 22.8 Å². The van der Waals surface area contributed by atoms with Crippen LogP contribution in [0.4, 0.5) is 29.7 Å². The second-order valence-corrected chi connectivity index (χ2v) is 14.0. The van der Waals surface area contributed by atoms with Gasteiger partial charge in [-0.2, -0.15) is 28.2 Å². The van der Waals surface area contributed by atoms with Crippen molar-refractivity contribution in [2.45, 2.75) is 70.9 Å². The minimum absolute atomic E-state index is 0.0658. The predicted molar refractivity (Wildman–Crippen MR) is 186 cm³/mol. The van der Waals surface area contributed by atoms with Crippen LogP contribution in [0, 0.1) is 12.3 Å². The minimum atomic E-state index is -4.80. The Morgan fingerprint density at radius 1 is 1.10 bits per heavy atom. The number of esters is 1. The predicted octanol–water partition coefficient (Wildman–Crippen LogP) is 6.42. The van der Waals surface area contributed by atoms with Crippen LogP contribution in [0.1, 0.15) is 50.3 Å². The molecule has 6 rings (SSSR count). The quantitative estimate of drug-likeness (QED) is 0.243. The van der Waals surface area contributed by atoms with Gasteiger partial charge in [0, 0.05) is 43.2 Å². The van der Waals surface area contributed by atoms with E-state index in [0.717, 1.165) is 5.56 Å². The number of carbonyl (C=O) groups excluding carboxylic acids is 2. The average molecular weight is 775 g/mol. The van der Waals surface area contributed by atoms with Gasteiger partial charge in [-0.05, 0) is 73.6 Å². The molecule has 0 unspecified atom stereocenters. The third-order valence-electron chi connectivity index (χ3n) is 9.42. The lowest BCUT2D eigenvalue weighted by Gasteiger charge is -2.39. The molecule has 0 radical (unpaired) electrons. The summed E-state index contributed by atoms with van der Waals surface area (Å²) in [5.41, 5.74) is 7.38. The molecule has 3 aliphatic rings. The van der Waals surface area contributed by atoms with E-state index in [-0.39, 0.29) is 30.6 Å². The summed E-state index contributed by atoms with van der Waals surface area (Å²) < 4.78 is 62.7. The highest BCUT2D eigenvalue weighted by molar-refractivity contribution is 9.11. The van der Waals surface area contributed by atoms with Gasteiger partial charge < -0.3 is 24.8 Å². The standard InChI is InChI=1S/C35H39BrF3N7O5/c1-3-49-31(47)27-19-34(21-45(27)33(48)50-20-23-7-5-4-6-8-23)12-15-44(16-13-34)28-18-29(42-32(40)41-28)51-30(35(37,38)39)25-17-24(36)9-10-26(25)46-14-11-22(2)43-46/h4-8,11,14,17-18,27,30H,3,9-10,12-13,15-16,19-21H2,1-2H3,(H2,40,41,42)/t27-,30+/m0/s1. The van der Waals surface area contributed by atoms with E-state index in [1.807, 2.05) is 35.2 Å². The largest absolute Gasteiger partial charge is 0.464 e. The third-order valence-corrected chi connectivity index (χ3v) is 10.0. The lowest BCUT2D eigenvalue weighted by atomic mass is 9.76. The van der Waals surface area contributed by atoms with Crippen molar-refractivity contribution >= 4 is 45.5 Å². The summed E-state index contributed by atoms with van der Waals surface area (Å²) in [6.45, 7) is 4.88. The summed E-state index contributed by atoms with van der Waals surface area (Å²) in [5, 5.41) is 4.34. The number of rotatable bonds is 9. The van der Waals surface area contributed by atoms with Gasteiger partial charge in [0.05, 0.1) is 12.3 Å². The minimum Gasteiger partial charge on any atom is -0.464 e. The maximum atomic E-state index is 14.7. The molecule has 2 saturated heterocycles. The van der Waals surface area contributed by atoms with Gasteiger partial charge in [0.25, 0.3) is 0 Å². The SMILES string of the molecule is CCOC(=O)[C@@H]1CC2(CCN(c3cc(O[C@H](C4=C(n5ccc(C)n5)CCC(Br)=C4)C(F)(F)F)nc(N)n3)CC2)CN1C(=O)OCc1ccccc1. The summed E-state index contributed by atoms with van der Waals surface area (Å²) in [6, 6.07) is 11.5. The number of allylic oxidation sites excluding steroid dienone is 2. The molecule has 1 aliphatic carbocycles. The number of hydrogen-bond acceptors (Lipinski definition) is 10. The van der Waals surface area contributed by atoms with Crippen molar-refractivity contribution in [1.29, 1.82) is 0 Å². The number of likely N-dealkylation sites (tertiary alicyclic amines) is 1. The van der Waals surface area contributed by atoms with E-state index >= 15 is 0 Å². The zero-order valence-electron chi connectivity index (χ0n) is 28.2. The first-order chi connectivity index (χ1) is 24.3. The number of halogens is 4. The molecule has 2 fully saturated rings. The maximum Gasteiger partial charge on any atom is 0.429 e. The van der Waals surface area contributed by atoms with Crippen molar-refractivity contribution in [1.82, 2.24) is 24.6 Å². The van der Waals surface area contributed by atoms with Crippen molar-refractivity contribution in [3.63, 3.8) is 0 Å². The monoisotopic (exact) mass is 773 g/mol. The fourth-order valence-corrected chi connectivity index (χ4v) is 7.34. The van der Waals surface area contributed by atoms with Crippen LogP contribution in [-0.2, 0) is 20.9 Å². The van der Waals surface area contributed by atoms with Crippen molar-refractivity contribution in [3.8, 4) is 5.88 Å². The molecule has 2 aromatic heterocycles. The van der Waals surface area contributed by atoms with Gasteiger partial charge in [0.1, 0.15) is 18.5 Å². The fraction of sp³-hybridized carbons (Fsp3) is 0.457. The zero-order chi connectivity index (χ0) is 36.3. The highest BCUT2D eigenvalue weighted by Crippen LogP contribution is 2.45. The Hall–Kier alpha value is -4.60. The summed E-state index contributed by atoms with van der Waals surface area (Å²) in [5.74, 6) is -0.741. The molecule has 3 aromatic rings. The van der Waals surface area contributed by atoms with Gasteiger partial charge in [0.2, 0.25) is 17.9 Å². The smallest absolute Gasteiger partial charge is 0.429 e. The molecule has 2 N–H and O–H groups in total. The molecule has 1 aromatic carbocycles. The topological polar surface area (TPSA) is 138 Å². The first-order valence-corrected chi connectivity index (χ1v) is 17.5. The summed E-state index contributed by atoms with van der Waals surface area (Å²) in [7, 11) is 0. The highest BCUT2D eigenvalue weighted by atomic mass is 79.9. The summed E-state index contributed by atoms with van der Waals surface area (Å²) in [4.78, 5) is 37.9. The van der Waals surface area contributed by atoms with Crippen molar-refractivity contribution in [2.24, 2.45) is 5.41 Å². The van der Waals surface area contributed by atoms with Gasteiger partial charge in [0.15, 0.2) is 0 Å². The second kappa shape index (κ2) is 14.9. The second-order valence-electron chi connectivity index (χ2n) is 13.0. The third kappa shape index (κ3) is 8.32. The Morgan fingerprint density at radius 3 is 2.51 bits per heavy atom. The molecule has 2 aliphatic heterocycles. The number of carbonyl (C=O) groups is 2. The number of anilines is 2. The van der Waals surface area contributed by atoms with Crippen LogP contribution in [0.25, 0.3) is 5.70 Å². The number of hydrogen-bond donors (Lipinski definition) is 1. The van der Waals surface area contributed by atoms with E-state index in [0.29, 0.717) is 73.4 Å². The van der Waals surface area contributed by atoms with Gasteiger partial charge in [-0.1, -0.05) is 46.3 Å². The van der Waals surface area contributed by atoms with E-state index in [4.69, 9.17) is 19.9 Å². The summed E-state index contributed by atoms with van der Waals surface area (Å²) >= 11 is 3.37. The Morgan fingerprint density at radius 2 is 1.84 bits per heavy atom. The maximum absolute atomic E-state index is 14.7. The number of benzene rings is 1. The molecule has 1 spiro atoms. The molecule has 16 heteroatoms. The lowest BCUT2D eigenvalue weighted by molar-refractivity contribution is -0.183. The number of aryl methyl sites for hydroxylation is 1. The number of piperidine rings is 1. The van der Waals surface area contributed by atoms with Crippen LogP contribution >= 0.6 is 15.9 Å². The molecular formula is C35H39BrF3N7O5. The molecule has 51 heavy (non-hydrogen) atoms. The molecule has 0 bridgehead atoms. The average Bonchev–Trinajstić information content (AvgIpc) is 3.70. The number of nitrogens with two attached hydrogens (primary N) is 1. The van der Waals surface area contributed by atoms with Crippen LogP contribution in [0.3, 0.4) is 0 Å². The Balaban J connectivity index is 1.19. The molecular weight excluding hydrogens is 735 g/mol. The van der Waals surface area contributed by atoms with Gasteiger partial charge in [-0.15, -0.1) is 0 Å². The van der Waals surface area contributed by atoms with Crippen LogP contribution in [-0.4, -0.2) is 81.3 Å². The van der Waals surface area contributed by atoms with E-state index < -0.39 is 35.8 Å². The molecule has 12 nitrogen and oxygen atoms in total. The molecule has 2 atom stereocenters. The normalized spacial score (nSPS) is 19.6. The van der Waals surface area contributed by atoms with Crippen molar-refractivity contribution in [3.05, 3.63) is 76.1 Å². The summed E-state index contributed by atoms with van der Waals surface area (Å²) in [6.07, 6.45) is -2.35. The van der Waals surface area contributed by atoms with Crippen LogP contribution in [0.5, 0.6) is 5.88 Å². The fourth-order valence-electron chi connectivity index (χ4n) is 6.90. The van der Waals surface area contributed by atoms with Crippen LogP contribution in [0.15, 0.2) is 64.8 Å². The first kappa shape index (κ1) is 36.2. The van der Waals surface area contributed by atoms with Gasteiger partial charge >= 0.3 is 18.2 Å². The van der Waals surface area contributed by atoms with Crippen molar-refractivity contribution in [2.75, 3.05) is 36.9 Å². The Kier molecular flexibility index (Phi) is 10.6. The molecule has 0 saturated carbocycles. The van der Waals surface area contributed by atoms with Crippen molar-refractivity contribution < 1.29 is 37.0 Å². The number of aromatic nitrogens is 4.